The van der Waals surface area contributed by atoms with Gasteiger partial charge < -0.3 is 9.52 Å². The molecule has 1 aromatic carbocycles. The average molecular weight is 378 g/mol. The molecule has 7 heteroatoms. The Balaban J connectivity index is 2.12. The van der Waals surface area contributed by atoms with E-state index in [9.17, 15) is 19.1 Å². The van der Waals surface area contributed by atoms with Gasteiger partial charge in [-0.25, -0.2) is 4.39 Å². The first-order chi connectivity index (χ1) is 12.3. The quantitative estimate of drug-likeness (QED) is 0.827. The number of hydrogen-bond donors (Lipinski definition) is 1. The molecule has 1 unspecified atom stereocenters. The fraction of sp³-hybridized carbons (Fsp3) is 0.263. The van der Waals surface area contributed by atoms with Crippen molar-refractivity contribution in [2.24, 2.45) is 5.92 Å². The van der Waals surface area contributed by atoms with Gasteiger partial charge in [-0.15, -0.1) is 0 Å². The molecule has 136 valence electrons. The Hall–Kier alpha value is -2.60. The highest BCUT2D eigenvalue weighted by Crippen LogP contribution is 2.42. The van der Waals surface area contributed by atoms with Crippen LogP contribution in [0.1, 0.15) is 32.1 Å². The maximum atomic E-state index is 13.5. The first-order valence-corrected chi connectivity index (χ1v) is 8.47. The van der Waals surface area contributed by atoms with Crippen molar-refractivity contribution in [3.8, 4) is 0 Å². The lowest BCUT2D eigenvalue weighted by molar-refractivity contribution is -0.118. The van der Waals surface area contributed by atoms with Crippen molar-refractivity contribution in [3.05, 3.63) is 64.5 Å². The number of aliphatic hydroxyl groups is 1. The first kappa shape index (κ1) is 18.2. The van der Waals surface area contributed by atoms with Gasteiger partial charge in [0, 0.05) is 12.1 Å². The number of aliphatic hydroxyl groups excluding tert-OH is 1. The van der Waals surface area contributed by atoms with Gasteiger partial charge in [0.15, 0.2) is 11.5 Å². The van der Waals surface area contributed by atoms with Crippen LogP contribution in [-0.2, 0) is 9.59 Å². The largest absolute Gasteiger partial charge is 0.503 e. The molecule has 1 amide bonds. The number of rotatable bonds is 5. The van der Waals surface area contributed by atoms with Crippen molar-refractivity contribution < 1.29 is 23.5 Å². The molecule has 0 fully saturated rings. The summed E-state index contributed by atoms with van der Waals surface area (Å²) in [5.41, 5.74) is 0.223. The van der Waals surface area contributed by atoms with E-state index >= 15 is 0 Å². The predicted octanol–water partition coefficient (Wildman–Crippen LogP) is 4.59. The number of anilines is 1. The highest BCUT2D eigenvalue weighted by Gasteiger charge is 2.45. The molecular weight excluding hydrogens is 361 g/mol. The topological polar surface area (TPSA) is 70.8 Å². The summed E-state index contributed by atoms with van der Waals surface area (Å²) in [5, 5.41) is 10.2. The lowest BCUT2D eigenvalue weighted by atomic mass is 9.95. The van der Waals surface area contributed by atoms with E-state index in [0.717, 1.165) is 6.07 Å². The van der Waals surface area contributed by atoms with E-state index < -0.39 is 23.5 Å². The Bertz CT molecular complexity index is 889. The maximum absolute atomic E-state index is 13.5. The molecule has 1 aliphatic heterocycles. The van der Waals surface area contributed by atoms with Crippen LogP contribution in [0.5, 0.6) is 0 Å². The minimum Gasteiger partial charge on any atom is -0.503 e. The molecule has 1 aromatic heterocycles. The number of benzene rings is 1. The van der Waals surface area contributed by atoms with Crippen molar-refractivity contribution in [1.29, 1.82) is 0 Å². The third-order valence-corrected chi connectivity index (χ3v) is 4.39. The second kappa shape index (κ2) is 6.96. The number of halogens is 2. The van der Waals surface area contributed by atoms with Crippen LogP contribution in [0.15, 0.2) is 52.3 Å². The van der Waals surface area contributed by atoms with E-state index in [1.165, 1.54) is 23.3 Å². The molecule has 0 bridgehead atoms. The molecule has 1 aliphatic rings. The summed E-state index contributed by atoms with van der Waals surface area (Å²) in [7, 11) is 0. The number of ketones is 1. The van der Waals surface area contributed by atoms with Crippen LogP contribution in [0.3, 0.4) is 0 Å². The summed E-state index contributed by atoms with van der Waals surface area (Å²) in [6.45, 7) is 3.73. The van der Waals surface area contributed by atoms with Crippen LogP contribution in [0.2, 0.25) is 5.02 Å². The Morgan fingerprint density at radius 2 is 2.12 bits per heavy atom. The molecular formula is C19H17ClFNO4. The van der Waals surface area contributed by atoms with Gasteiger partial charge in [0.25, 0.3) is 5.91 Å². The summed E-state index contributed by atoms with van der Waals surface area (Å²) in [6.07, 6.45) is 1.58. The summed E-state index contributed by atoms with van der Waals surface area (Å²) >= 11 is 5.84. The van der Waals surface area contributed by atoms with Gasteiger partial charge in [-0.2, -0.15) is 0 Å². The van der Waals surface area contributed by atoms with E-state index in [0.29, 0.717) is 5.76 Å². The number of amides is 1. The van der Waals surface area contributed by atoms with Crippen LogP contribution in [0, 0.1) is 11.7 Å². The van der Waals surface area contributed by atoms with E-state index in [-0.39, 0.29) is 34.4 Å². The van der Waals surface area contributed by atoms with Crippen molar-refractivity contribution in [2.45, 2.75) is 26.3 Å². The molecule has 1 N–H and O–H groups in total. The smallest absolute Gasteiger partial charge is 0.294 e. The standard InChI is InChI=1S/C19H17ClFNO4/c1-10(2)8-14(23)16-17(15-4-3-7-26-15)22(19(25)18(16)24)11-5-6-13(21)12(20)9-11/h3-7,9-10,17,24H,8H2,1-2H3. The monoisotopic (exact) mass is 377 g/mol. The van der Waals surface area contributed by atoms with Gasteiger partial charge in [-0.05, 0) is 36.2 Å². The van der Waals surface area contributed by atoms with E-state index in [4.69, 9.17) is 16.0 Å². The Kier molecular flexibility index (Phi) is 4.87. The molecule has 1 atom stereocenters. The molecule has 0 saturated heterocycles. The lowest BCUT2D eigenvalue weighted by Crippen LogP contribution is -2.31. The fourth-order valence-electron chi connectivity index (χ4n) is 2.99. The second-order valence-corrected chi connectivity index (χ2v) is 6.88. The van der Waals surface area contributed by atoms with Gasteiger partial charge in [0.2, 0.25) is 0 Å². The van der Waals surface area contributed by atoms with Crippen molar-refractivity contribution in [1.82, 2.24) is 0 Å². The summed E-state index contributed by atoms with van der Waals surface area (Å²) in [5.74, 6) is -2.01. The van der Waals surface area contributed by atoms with E-state index in [1.807, 2.05) is 13.8 Å². The Labute approximate surface area is 154 Å². The number of carbonyl (C=O) groups is 2. The molecule has 5 nitrogen and oxygen atoms in total. The second-order valence-electron chi connectivity index (χ2n) is 6.47. The number of hydrogen-bond acceptors (Lipinski definition) is 4. The van der Waals surface area contributed by atoms with Crippen molar-refractivity contribution in [2.75, 3.05) is 4.90 Å². The number of Topliss-reactive ketones (excluding diaryl/α,β-unsaturated/α-hetero) is 1. The van der Waals surface area contributed by atoms with Gasteiger partial charge in [0.1, 0.15) is 17.6 Å². The molecule has 0 aliphatic carbocycles. The molecule has 3 rings (SSSR count). The third kappa shape index (κ3) is 3.12. The highest BCUT2D eigenvalue weighted by molar-refractivity contribution is 6.31. The van der Waals surface area contributed by atoms with Crippen LogP contribution in [-0.4, -0.2) is 16.8 Å². The van der Waals surface area contributed by atoms with Crippen LogP contribution in [0.4, 0.5) is 10.1 Å². The number of furan rings is 1. The predicted molar refractivity (Wildman–Crippen MR) is 94.5 cm³/mol. The molecule has 0 spiro atoms. The maximum Gasteiger partial charge on any atom is 0.294 e. The average Bonchev–Trinajstić information content (AvgIpc) is 3.17. The van der Waals surface area contributed by atoms with Gasteiger partial charge >= 0.3 is 0 Å². The van der Waals surface area contributed by atoms with Crippen molar-refractivity contribution >= 4 is 29.0 Å². The fourth-order valence-corrected chi connectivity index (χ4v) is 3.16. The van der Waals surface area contributed by atoms with Crippen LogP contribution < -0.4 is 4.90 Å². The zero-order valence-electron chi connectivity index (χ0n) is 14.2. The van der Waals surface area contributed by atoms with Gasteiger partial charge in [-0.1, -0.05) is 25.4 Å². The summed E-state index contributed by atoms with van der Waals surface area (Å²) < 4.78 is 18.9. The summed E-state index contributed by atoms with van der Waals surface area (Å²) in [6, 6.07) is 6.04. The van der Waals surface area contributed by atoms with Crippen molar-refractivity contribution in [3.63, 3.8) is 0 Å². The minimum atomic E-state index is -0.940. The van der Waals surface area contributed by atoms with Gasteiger partial charge in [0.05, 0.1) is 16.9 Å². The molecule has 0 radical (unpaired) electrons. The minimum absolute atomic E-state index is 0.0286. The molecule has 0 saturated carbocycles. The lowest BCUT2D eigenvalue weighted by Gasteiger charge is -2.25. The first-order valence-electron chi connectivity index (χ1n) is 8.09. The summed E-state index contributed by atoms with van der Waals surface area (Å²) in [4.78, 5) is 26.6. The van der Waals surface area contributed by atoms with E-state index in [2.05, 4.69) is 0 Å². The Morgan fingerprint density at radius 1 is 1.38 bits per heavy atom. The van der Waals surface area contributed by atoms with E-state index in [1.54, 1.807) is 12.1 Å². The third-order valence-electron chi connectivity index (χ3n) is 4.10. The highest BCUT2D eigenvalue weighted by atomic mass is 35.5. The zero-order chi connectivity index (χ0) is 19.0. The number of carbonyl (C=O) groups excluding carboxylic acids is 2. The molecule has 2 heterocycles. The molecule has 2 aromatic rings. The van der Waals surface area contributed by atoms with Crippen LogP contribution in [0.25, 0.3) is 0 Å². The van der Waals surface area contributed by atoms with Crippen LogP contribution >= 0.6 is 11.6 Å². The zero-order valence-corrected chi connectivity index (χ0v) is 15.0. The normalized spacial score (nSPS) is 17.5. The number of nitrogens with zero attached hydrogens (tertiary/aromatic N) is 1. The Morgan fingerprint density at radius 3 is 2.69 bits per heavy atom. The SMILES string of the molecule is CC(C)CC(=O)C1=C(O)C(=O)N(c2ccc(F)c(Cl)c2)C1c1ccco1. The molecule has 26 heavy (non-hydrogen) atoms. The van der Waals surface area contributed by atoms with Gasteiger partial charge in [-0.3, -0.25) is 14.5 Å².